The van der Waals surface area contributed by atoms with Gasteiger partial charge >= 0.3 is 15.2 Å². The minimum absolute atomic E-state index is 0.413. The molecule has 0 unspecified atom stereocenters. The summed E-state index contributed by atoms with van der Waals surface area (Å²) >= 11 is 0. The molecule has 0 aromatic carbocycles. The van der Waals surface area contributed by atoms with Gasteiger partial charge in [-0.2, -0.15) is 0 Å². The first-order valence-corrected chi connectivity index (χ1v) is 6.57. The van der Waals surface area contributed by atoms with Crippen molar-refractivity contribution < 1.29 is 33.8 Å². The van der Waals surface area contributed by atoms with Gasteiger partial charge in [0.1, 0.15) is 0 Å². The molecule has 0 aliphatic carbocycles. The molecule has 0 fully saturated rings. The van der Waals surface area contributed by atoms with Crippen molar-refractivity contribution in [1.29, 1.82) is 0 Å². The SMILES string of the molecule is NCCC([C]O)(P(=O)(O)O)P(=O)(O)O. The van der Waals surface area contributed by atoms with Gasteiger partial charge in [-0.25, -0.2) is 0 Å². The standard InChI is InChI=1S/C4H11NO7P2/c5-2-1-4(3-6,13(7,8)9)14(10,11)12/h6H,1-2,5H2,(H2,7,8,9)(H2,10,11,12). The Morgan fingerprint density at radius 2 is 1.50 bits per heavy atom. The predicted octanol–water partition coefficient (Wildman–Crippen LogP) is -1.20. The molecule has 0 aromatic rings. The smallest absolute Gasteiger partial charge is 0.347 e. The van der Waals surface area contributed by atoms with Crippen molar-refractivity contribution in [3.8, 4) is 0 Å². The quantitative estimate of drug-likeness (QED) is 0.330. The van der Waals surface area contributed by atoms with Gasteiger partial charge in [0, 0.05) is 0 Å². The van der Waals surface area contributed by atoms with E-state index in [2.05, 4.69) is 0 Å². The Bertz CT molecular complexity index is 257. The van der Waals surface area contributed by atoms with Crippen LogP contribution in [0.2, 0.25) is 0 Å². The molecule has 0 aliphatic heterocycles. The third kappa shape index (κ3) is 2.42. The monoisotopic (exact) mass is 247 g/mol. The van der Waals surface area contributed by atoms with Crippen LogP contribution in [0.4, 0.5) is 0 Å². The molecule has 7 N–H and O–H groups in total. The number of aliphatic hydroxyl groups is 1. The topological polar surface area (TPSA) is 161 Å². The number of hydrogen-bond donors (Lipinski definition) is 6. The normalized spacial score (nSPS) is 14.4. The summed E-state index contributed by atoms with van der Waals surface area (Å²) in [4.78, 5) is 31.9. The summed E-state index contributed by atoms with van der Waals surface area (Å²) in [7, 11) is -10.5. The van der Waals surface area contributed by atoms with Crippen molar-refractivity contribution in [3.05, 3.63) is 6.61 Å². The van der Waals surface area contributed by atoms with Gasteiger partial charge in [-0.3, -0.25) is 9.13 Å². The fourth-order valence-corrected chi connectivity index (χ4v) is 3.31. The zero-order valence-corrected chi connectivity index (χ0v) is 8.73. The maximum absolute atomic E-state index is 10.8. The number of hydrogen-bond acceptors (Lipinski definition) is 4. The van der Waals surface area contributed by atoms with E-state index < -0.39 is 33.1 Å². The van der Waals surface area contributed by atoms with Crippen LogP contribution in [0.1, 0.15) is 6.42 Å². The first-order valence-electron chi connectivity index (χ1n) is 3.35. The molecule has 0 aliphatic rings. The first-order chi connectivity index (χ1) is 6.12. The zero-order valence-electron chi connectivity index (χ0n) is 6.94. The lowest BCUT2D eigenvalue weighted by molar-refractivity contribution is 0.268. The Kier molecular flexibility index (Phi) is 4.45. The average Bonchev–Trinajstić information content (AvgIpc) is 1.94. The van der Waals surface area contributed by atoms with E-state index in [9.17, 15) is 9.13 Å². The van der Waals surface area contributed by atoms with Gasteiger partial charge in [-0.1, -0.05) is 0 Å². The Balaban J connectivity index is 5.45. The molecular weight excluding hydrogens is 236 g/mol. The summed E-state index contributed by atoms with van der Waals surface area (Å²) < 4.78 is 21.7. The highest BCUT2D eigenvalue weighted by Crippen LogP contribution is 2.71. The second-order valence-electron chi connectivity index (χ2n) is 2.56. The largest absolute Gasteiger partial charge is 0.381 e. The number of rotatable bonds is 5. The van der Waals surface area contributed by atoms with E-state index in [0.717, 1.165) is 6.61 Å². The zero-order chi connectivity index (χ0) is 11.6. The second-order valence-corrected chi connectivity index (χ2v) is 6.61. The molecular formula is C4H11NO7P2. The van der Waals surface area contributed by atoms with E-state index in [4.69, 9.17) is 30.4 Å². The van der Waals surface area contributed by atoms with Gasteiger partial charge in [0.2, 0.25) is 4.90 Å². The molecule has 0 amide bonds. The highest BCUT2D eigenvalue weighted by Gasteiger charge is 2.60. The fraction of sp³-hybridized carbons (Fsp3) is 0.750. The highest BCUT2D eigenvalue weighted by molar-refractivity contribution is 7.72. The number of aliphatic hydroxyl groups excluding tert-OH is 1. The molecule has 0 atom stereocenters. The van der Waals surface area contributed by atoms with E-state index in [-0.39, 0.29) is 0 Å². The first kappa shape index (κ1) is 14.2. The van der Waals surface area contributed by atoms with Crippen LogP contribution in [0.25, 0.3) is 0 Å². The molecule has 0 saturated carbocycles. The predicted molar refractivity (Wildman–Crippen MR) is 45.7 cm³/mol. The lowest BCUT2D eigenvalue weighted by Crippen LogP contribution is -2.32. The van der Waals surface area contributed by atoms with Crippen molar-refractivity contribution in [2.75, 3.05) is 6.54 Å². The molecule has 8 nitrogen and oxygen atoms in total. The minimum Gasteiger partial charge on any atom is -0.381 e. The van der Waals surface area contributed by atoms with Gasteiger partial charge in [-0.15, -0.1) is 0 Å². The van der Waals surface area contributed by atoms with E-state index in [1.165, 1.54) is 0 Å². The molecule has 0 bridgehead atoms. The van der Waals surface area contributed by atoms with Crippen LogP contribution in [0.3, 0.4) is 0 Å². The van der Waals surface area contributed by atoms with E-state index in [1.54, 1.807) is 0 Å². The Hall–Kier alpha value is 0.220. The third-order valence-electron chi connectivity index (χ3n) is 1.64. The maximum atomic E-state index is 10.8. The second kappa shape index (κ2) is 4.38. The average molecular weight is 247 g/mol. The molecule has 14 heavy (non-hydrogen) atoms. The van der Waals surface area contributed by atoms with Crippen LogP contribution >= 0.6 is 15.2 Å². The summed E-state index contributed by atoms with van der Waals surface area (Å²) in [5.74, 6) is 0. The maximum Gasteiger partial charge on any atom is 0.347 e. The lowest BCUT2D eigenvalue weighted by Gasteiger charge is -2.31. The van der Waals surface area contributed by atoms with Crippen molar-refractivity contribution >= 4 is 15.2 Å². The van der Waals surface area contributed by atoms with Gasteiger partial charge in [0.25, 0.3) is 0 Å². The summed E-state index contributed by atoms with van der Waals surface area (Å²) in [6.45, 7) is 0.577. The van der Waals surface area contributed by atoms with Gasteiger partial charge in [-0.05, 0) is 13.0 Å². The van der Waals surface area contributed by atoms with Crippen LogP contribution in [0.5, 0.6) is 0 Å². The van der Waals surface area contributed by atoms with Crippen molar-refractivity contribution in [2.45, 2.75) is 11.3 Å². The van der Waals surface area contributed by atoms with Crippen LogP contribution < -0.4 is 5.73 Å². The van der Waals surface area contributed by atoms with Gasteiger partial charge < -0.3 is 30.4 Å². The Morgan fingerprint density at radius 1 is 1.14 bits per heavy atom. The summed E-state index contributed by atoms with van der Waals surface area (Å²) in [6.07, 6.45) is -0.766. The highest BCUT2D eigenvalue weighted by atomic mass is 31.2. The van der Waals surface area contributed by atoms with Crippen LogP contribution in [-0.4, -0.2) is 36.1 Å². The van der Waals surface area contributed by atoms with E-state index in [0.29, 0.717) is 0 Å². The fourth-order valence-electron chi connectivity index (χ4n) is 0.848. The third-order valence-corrected chi connectivity index (χ3v) is 5.77. The minimum atomic E-state index is -5.25. The number of nitrogens with two attached hydrogens (primary N) is 1. The van der Waals surface area contributed by atoms with Gasteiger partial charge in [0.15, 0.2) is 6.61 Å². The van der Waals surface area contributed by atoms with E-state index >= 15 is 0 Å². The molecule has 84 valence electrons. The van der Waals surface area contributed by atoms with Crippen molar-refractivity contribution in [3.63, 3.8) is 0 Å². The van der Waals surface area contributed by atoms with Gasteiger partial charge in [0.05, 0.1) is 0 Å². The molecule has 10 heteroatoms. The Labute approximate surface area is 80.1 Å². The van der Waals surface area contributed by atoms with Crippen LogP contribution in [0, 0.1) is 6.61 Å². The van der Waals surface area contributed by atoms with Crippen molar-refractivity contribution in [1.82, 2.24) is 0 Å². The van der Waals surface area contributed by atoms with Crippen LogP contribution in [-0.2, 0) is 9.13 Å². The van der Waals surface area contributed by atoms with Crippen LogP contribution in [0.15, 0.2) is 0 Å². The lowest BCUT2D eigenvalue weighted by atomic mass is 10.3. The molecule has 0 spiro atoms. The van der Waals surface area contributed by atoms with Crippen molar-refractivity contribution in [2.24, 2.45) is 5.73 Å². The molecule has 0 rings (SSSR count). The summed E-state index contributed by atoms with van der Waals surface area (Å²) in [6, 6.07) is 0. The molecule has 0 aromatic heterocycles. The Morgan fingerprint density at radius 3 is 1.57 bits per heavy atom. The molecule has 2 radical (unpaired) electrons. The summed E-state index contributed by atoms with van der Waals surface area (Å²) in [5, 5.41) is 8.49. The summed E-state index contributed by atoms with van der Waals surface area (Å²) in [5.41, 5.74) is 4.95. The molecule has 0 heterocycles. The van der Waals surface area contributed by atoms with E-state index in [1.807, 2.05) is 0 Å². The molecule has 0 saturated heterocycles.